The van der Waals surface area contributed by atoms with Gasteiger partial charge in [0.15, 0.2) is 0 Å². The van der Waals surface area contributed by atoms with Crippen LogP contribution in [0.3, 0.4) is 0 Å². The Balaban J connectivity index is 1.58. The minimum atomic E-state index is 0.287. The van der Waals surface area contributed by atoms with Crippen molar-refractivity contribution in [1.29, 1.82) is 0 Å². The van der Waals surface area contributed by atoms with E-state index < -0.39 is 0 Å². The van der Waals surface area contributed by atoms with Crippen LogP contribution in [0.2, 0.25) is 0 Å². The molecule has 3 aliphatic heterocycles. The van der Waals surface area contributed by atoms with Crippen LogP contribution in [0.1, 0.15) is 13.3 Å². The van der Waals surface area contributed by atoms with Gasteiger partial charge in [-0.05, 0) is 31.3 Å². The van der Waals surface area contributed by atoms with Crippen LogP contribution in [0, 0.1) is 11.8 Å². The van der Waals surface area contributed by atoms with Gasteiger partial charge in [0, 0.05) is 25.7 Å². The molecule has 0 saturated carbocycles. The molecule has 3 saturated heterocycles. The highest BCUT2D eigenvalue weighted by atomic mass is 16.5. The summed E-state index contributed by atoms with van der Waals surface area (Å²) in [5, 5.41) is 3.49. The largest absolute Gasteiger partial charge is 0.378 e. The van der Waals surface area contributed by atoms with Crippen molar-refractivity contribution in [2.45, 2.75) is 19.4 Å². The maximum Gasteiger partial charge on any atom is 0.236 e. The molecule has 0 spiro atoms. The van der Waals surface area contributed by atoms with Gasteiger partial charge in [-0.3, -0.25) is 9.69 Å². The molecule has 1 amide bonds. The van der Waals surface area contributed by atoms with Crippen LogP contribution in [0.15, 0.2) is 0 Å². The molecular formula is C14H25N3O2. The Morgan fingerprint density at radius 2 is 2.11 bits per heavy atom. The lowest BCUT2D eigenvalue weighted by Crippen LogP contribution is -2.47. The van der Waals surface area contributed by atoms with Gasteiger partial charge in [-0.1, -0.05) is 6.92 Å². The number of carbonyl (C=O) groups is 1. The van der Waals surface area contributed by atoms with Crippen LogP contribution >= 0.6 is 0 Å². The molecule has 3 aliphatic rings. The van der Waals surface area contributed by atoms with Crippen molar-refractivity contribution in [2.75, 3.05) is 52.5 Å². The first kappa shape index (κ1) is 13.3. The van der Waals surface area contributed by atoms with Crippen LogP contribution < -0.4 is 5.32 Å². The fraction of sp³-hybridized carbons (Fsp3) is 0.929. The van der Waals surface area contributed by atoms with Crippen molar-refractivity contribution >= 4 is 5.91 Å². The maximum atomic E-state index is 12.3. The zero-order valence-corrected chi connectivity index (χ0v) is 11.8. The summed E-state index contributed by atoms with van der Waals surface area (Å²) >= 11 is 0. The molecule has 3 atom stereocenters. The molecular weight excluding hydrogens is 242 g/mol. The SMILES string of the molecule is CCC1C2CNCC2CN1CC(=O)N1CCOCC1. The van der Waals surface area contributed by atoms with Gasteiger partial charge in [0.2, 0.25) is 5.91 Å². The van der Waals surface area contributed by atoms with Gasteiger partial charge in [0.1, 0.15) is 0 Å². The molecule has 0 aromatic rings. The molecule has 5 heteroatoms. The summed E-state index contributed by atoms with van der Waals surface area (Å²) in [5.74, 6) is 1.79. The number of carbonyl (C=O) groups excluding carboxylic acids is 1. The summed E-state index contributed by atoms with van der Waals surface area (Å²) in [5.41, 5.74) is 0. The molecule has 1 N–H and O–H groups in total. The summed E-state index contributed by atoms with van der Waals surface area (Å²) in [6, 6.07) is 0.588. The number of rotatable bonds is 3. The molecule has 5 nitrogen and oxygen atoms in total. The standard InChI is InChI=1S/C14H25N3O2/c1-2-13-12-8-15-7-11(12)9-17(13)10-14(18)16-3-5-19-6-4-16/h11-13,15H,2-10H2,1H3. The third-order valence-corrected chi connectivity index (χ3v) is 4.94. The minimum Gasteiger partial charge on any atom is -0.378 e. The van der Waals surface area contributed by atoms with Crippen molar-refractivity contribution in [3.63, 3.8) is 0 Å². The molecule has 3 heterocycles. The molecule has 0 bridgehead atoms. The highest BCUT2D eigenvalue weighted by Gasteiger charge is 2.43. The van der Waals surface area contributed by atoms with E-state index >= 15 is 0 Å². The van der Waals surface area contributed by atoms with Crippen LogP contribution in [-0.4, -0.2) is 74.2 Å². The number of morpholine rings is 1. The third-order valence-electron chi connectivity index (χ3n) is 4.94. The second-order valence-corrected chi connectivity index (χ2v) is 5.98. The number of ether oxygens (including phenoxy) is 1. The predicted octanol–water partition coefficient (Wildman–Crippen LogP) is -0.225. The number of hydrogen-bond donors (Lipinski definition) is 1. The van der Waals surface area contributed by atoms with Gasteiger partial charge in [-0.25, -0.2) is 0 Å². The predicted molar refractivity (Wildman–Crippen MR) is 72.9 cm³/mol. The van der Waals surface area contributed by atoms with E-state index in [1.165, 1.54) is 0 Å². The molecule has 19 heavy (non-hydrogen) atoms. The number of fused-ring (bicyclic) bond motifs is 1. The number of nitrogens with one attached hydrogen (secondary N) is 1. The lowest BCUT2D eigenvalue weighted by molar-refractivity contribution is -0.136. The molecule has 3 unspecified atom stereocenters. The summed E-state index contributed by atoms with van der Waals surface area (Å²) in [6.07, 6.45) is 1.15. The molecule has 3 rings (SSSR count). The van der Waals surface area contributed by atoms with Crippen LogP contribution in [0.4, 0.5) is 0 Å². The monoisotopic (exact) mass is 267 g/mol. The van der Waals surface area contributed by atoms with Gasteiger partial charge < -0.3 is 15.0 Å². The molecule has 108 valence electrons. The van der Waals surface area contributed by atoms with E-state index in [0.717, 1.165) is 51.0 Å². The Hall–Kier alpha value is -0.650. The fourth-order valence-electron chi connectivity index (χ4n) is 3.94. The lowest BCUT2D eigenvalue weighted by atomic mass is 9.93. The zero-order valence-electron chi connectivity index (χ0n) is 11.8. The number of likely N-dealkylation sites (tertiary alicyclic amines) is 1. The first-order valence-corrected chi connectivity index (χ1v) is 7.60. The zero-order chi connectivity index (χ0) is 13.2. The average Bonchev–Trinajstić information content (AvgIpc) is 3.00. The minimum absolute atomic E-state index is 0.287. The lowest BCUT2D eigenvalue weighted by Gasteiger charge is -2.31. The molecule has 0 aromatic carbocycles. The van der Waals surface area contributed by atoms with Gasteiger partial charge in [0.25, 0.3) is 0 Å². The molecule has 0 radical (unpaired) electrons. The van der Waals surface area contributed by atoms with E-state index in [4.69, 9.17) is 4.74 Å². The second-order valence-electron chi connectivity index (χ2n) is 5.98. The Bertz CT molecular complexity index is 331. The number of nitrogens with zero attached hydrogens (tertiary/aromatic N) is 2. The van der Waals surface area contributed by atoms with E-state index in [9.17, 15) is 4.79 Å². The summed E-state index contributed by atoms with van der Waals surface area (Å²) < 4.78 is 5.31. The van der Waals surface area contributed by atoms with Gasteiger partial charge in [-0.2, -0.15) is 0 Å². The van der Waals surface area contributed by atoms with E-state index in [1.54, 1.807) is 0 Å². The first-order valence-electron chi connectivity index (χ1n) is 7.60. The van der Waals surface area contributed by atoms with Crippen molar-refractivity contribution in [1.82, 2.24) is 15.1 Å². The smallest absolute Gasteiger partial charge is 0.236 e. The van der Waals surface area contributed by atoms with E-state index in [1.807, 2.05) is 4.90 Å². The molecule has 0 aromatic heterocycles. The van der Waals surface area contributed by atoms with E-state index in [-0.39, 0.29) is 5.91 Å². The Labute approximate surface area is 115 Å². The van der Waals surface area contributed by atoms with Crippen molar-refractivity contribution in [3.8, 4) is 0 Å². The number of amides is 1. The quantitative estimate of drug-likeness (QED) is 0.767. The van der Waals surface area contributed by atoms with E-state index in [0.29, 0.717) is 25.8 Å². The van der Waals surface area contributed by atoms with Crippen LogP contribution in [0.25, 0.3) is 0 Å². The average molecular weight is 267 g/mol. The topological polar surface area (TPSA) is 44.8 Å². The van der Waals surface area contributed by atoms with Crippen molar-refractivity contribution < 1.29 is 9.53 Å². The second kappa shape index (κ2) is 5.77. The van der Waals surface area contributed by atoms with Crippen molar-refractivity contribution in [2.24, 2.45) is 11.8 Å². The first-order chi connectivity index (χ1) is 9.29. The van der Waals surface area contributed by atoms with Crippen LogP contribution in [-0.2, 0) is 9.53 Å². The number of hydrogen-bond acceptors (Lipinski definition) is 4. The van der Waals surface area contributed by atoms with Crippen molar-refractivity contribution in [3.05, 3.63) is 0 Å². The fourth-order valence-corrected chi connectivity index (χ4v) is 3.94. The highest BCUT2D eigenvalue weighted by Crippen LogP contribution is 2.33. The van der Waals surface area contributed by atoms with Gasteiger partial charge >= 0.3 is 0 Å². The molecule has 3 fully saturated rings. The maximum absolute atomic E-state index is 12.3. The summed E-state index contributed by atoms with van der Waals surface area (Å²) in [7, 11) is 0. The Morgan fingerprint density at radius 3 is 2.84 bits per heavy atom. The van der Waals surface area contributed by atoms with Gasteiger partial charge in [-0.15, -0.1) is 0 Å². The van der Waals surface area contributed by atoms with E-state index in [2.05, 4.69) is 17.1 Å². The van der Waals surface area contributed by atoms with Gasteiger partial charge in [0.05, 0.1) is 19.8 Å². The summed E-state index contributed by atoms with van der Waals surface area (Å²) in [6.45, 7) is 9.11. The Morgan fingerprint density at radius 1 is 1.32 bits per heavy atom. The Kier molecular flexibility index (Phi) is 4.05. The molecule has 0 aliphatic carbocycles. The van der Waals surface area contributed by atoms with Crippen LogP contribution in [0.5, 0.6) is 0 Å². The third kappa shape index (κ3) is 2.64. The highest BCUT2D eigenvalue weighted by molar-refractivity contribution is 5.78. The normalized spacial score (nSPS) is 35.6. The summed E-state index contributed by atoms with van der Waals surface area (Å²) in [4.78, 5) is 16.7.